The highest BCUT2D eigenvalue weighted by molar-refractivity contribution is 5.93. The Morgan fingerprint density at radius 1 is 1.25 bits per heavy atom. The molecule has 0 unspecified atom stereocenters. The van der Waals surface area contributed by atoms with Crippen LogP contribution in [0.1, 0.15) is 32.1 Å². The highest BCUT2D eigenvalue weighted by atomic mass is 16.5. The monoisotopic (exact) mass is 226 g/mol. The van der Waals surface area contributed by atoms with Gasteiger partial charge in [0, 0.05) is 31.8 Å². The second-order valence-electron chi connectivity index (χ2n) is 3.48. The average molecular weight is 226 g/mol. The van der Waals surface area contributed by atoms with Crippen LogP contribution in [0.25, 0.3) is 0 Å². The van der Waals surface area contributed by atoms with Gasteiger partial charge in [0.1, 0.15) is 5.76 Å². The van der Waals surface area contributed by atoms with Crippen LogP contribution >= 0.6 is 0 Å². The molecular weight excluding hydrogens is 212 g/mol. The Morgan fingerprint density at radius 2 is 1.94 bits per heavy atom. The topological polar surface area (TPSA) is 69.7 Å². The van der Waals surface area contributed by atoms with Crippen molar-refractivity contribution in [3.63, 3.8) is 0 Å². The van der Waals surface area contributed by atoms with Crippen molar-refractivity contribution >= 4 is 17.7 Å². The number of hydrogen-bond acceptors (Lipinski definition) is 5. The molecule has 0 fully saturated rings. The van der Waals surface area contributed by atoms with Crippen molar-refractivity contribution in [2.75, 3.05) is 7.11 Å². The van der Waals surface area contributed by atoms with E-state index in [0.29, 0.717) is 25.0 Å². The average Bonchev–Trinajstić information content (AvgIpc) is 2.63. The Kier molecular flexibility index (Phi) is 4.69. The number of rotatable bonds is 5. The molecule has 1 aliphatic carbocycles. The van der Waals surface area contributed by atoms with Crippen LogP contribution in [-0.4, -0.2) is 24.8 Å². The summed E-state index contributed by atoms with van der Waals surface area (Å²) in [5.74, 6) is -0.349. The summed E-state index contributed by atoms with van der Waals surface area (Å²) in [7, 11) is 1.30. The summed E-state index contributed by atoms with van der Waals surface area (Å²) < 4.78 is 9.38. The minimum Gasteiger partial charge on any atom is -0.469 e. The van der Waals surface area contributed by atoms with E-state index in [1.54, 1.807) is 0 Å². The van der Waals surface area contributed by atoms with Crippen LogP contribution in [0, 0.1) is 0 Å². The van der Waals surface area contributed by atoms with E-state index >= 15 is 0 Å². The highest BCUT2D eigenvalue weighted by Gasteiger charge is 2.16. The first-order chi connectivity index (χ1) is 7.61. The number of carbonyl (C=O) groups excluding carboxylic acids is 3. The first-order valence-corrected chi connectivity index (χ1v) is 5.12. The maximum absolute atomic E-state index is 11.2. The molecule has 88 valence electrons. The van der Waals surface area contributed by atoms with Crippen molar-refractivity contribution in [2.45, 2.75) is 32.1 Å². The predicted molar refractivity (Wildman–Crippen MR) is 54.3 cm³/mol. The second-order valence-corrected chi connectivity index (χ2v) is 3.48. The van der Waals surface area contributed by atoms with E-state index in [0.717, 1.165) is 0 Å². The van der Waals surface area contributed by atoms with E-state index in [-0.39, 0.29) is 24.6 Å². The Morgan fingerprint density at radius 3 is 2.50 bits per heavy atom. The maximum atomic E-state index is 11.2. The predicted octanol–water partition coefficient (Wildman–Crippen LogP) is 1.12. The Bertz CT molecular complexity index is 329. The van der Waals surface area contributed by atoms with Crippen molar-refractivity contribution < 1.29 is 23.9 Å². The highest BCUT2D eigenvalue weighted by Crippen LogP contribution is 2.16. The van der Waals surface area contributed by atoms with Crippen LogP contribution in [-0.2, 0) is 23.9 Å². The van der Waals surface area contributed by atoms with E-state index < -0.39 is 5.97 Å². The summed E-state index contributed by atoms with van der Waals surface area (Å²) in [5, 5.41) is 0. The molecule has 0 spiro atoms. The van der Waals surface area contributed by atoms with Crippen molar-refractivity contribution in [1.29, 1.82) is 0 Å². The van der Waals surface area contributed by atoms with Crippen LogP contribution in [0.3, 0.4) is 0 Å². The molecule has 0 N–H and O–H groups in total. The van der Waals surface area contributed by atoms with Gasteiger partial charge < -0.3 is 9.47 Å². The van der Waals surface area contributed by atoms with Crippen LogP contribution in [0.2, 0.25) is 0 Å². The number of esters is 2. The van der Waals surface area contributed by atoms with Gasteiger partial charge in [-0.2, -0.15) is 0 Å². The number of allylic oxidation sites excluding steroid dienone is 2. The first kappa shape index (κ1) is 12.4. The largest absolute Gasteiger partial charge is 0.469 e. The smallest absolute Gasteiger partial charge is 0.310 e. The Labute approximate surface area is 93.4 Å². The Balaban J connectivity index is 2.19. The third-order valence-electron chi connectivity index (χ3n) is 2.17. The van der Waals surface area contributed by atoms with Crippen LogP contribution < -0.4 is 0 Å². The molecule has 5 nitrogen and oxygen atoms in total. The third kappa shape index (κ3) is 4.25. The lowest BCUT2D eigenvalue weighted by Gasteiger charge is -2.03. The molecule has 0 saturated heterocycles. The second kappa shape index (κ2) is 6.05. The molecule has 0 aromatic heterocycles. The number of ketones is 1. The standard InChI is InChI=1S/C11H14O5/c1-15-10(13)3-2-4-11(14)16-9-6-5-8(12)7-9/h7H,2-6H2,1H3. The van der Waals surface area contributed by atoms with E-state index in [2.05, 4.69) is 4.74 Å². The molecule has 1 aliphatic rings. The van der Waals surface area contributed by atoms with Gasteiger partial charge in [0.25, 0.3) is 0 Å². The fraction of sp³-hybridized carbons (Fsp3) is 0.545. The molecule has 0 radical (unpaired) electrons. The van der Waals surface area contributed by atoms with Gasteiger partial charge in [-0.1, -0.05) is 0 Å². The quantitative estimate of drug-likeness (QED) is 0.657. The maximum Gasteiger partial charge on any atom is 0.310 e. The molecule has 0 heterocycles. The first-order valence-electron chi connectivity index (χ1n) is 5.12. The molecule has 16 heavy (non-hydrogen) atoms. The van der Waals surface area contributed by atoms with E-state index in [1.165, 1.54) is 13.2 Å². The molecular formula is C11H14O5. The SMILES string of the molecule is COC(=O)CCCC(=O)OC1=CC(=O)CC1. The number of methoxy groups -OCH3 is 1. The Hall–Kier alpha value is -1.65. The molecule has 0 atom stereocenters. The summed E-state index contributed by atoms with van der Waals surface area (Å²) in [6.07, 6.45) is 2.99. The fourth-order valence-electron chi connectivity index (χ4n) is 1.33. The van der Waals surface area contributed by atoms with Crippen molar-refractivity contribution in [2.24, 2.45) is 0 Å². The molecule has 1 rings (SSSR count). The lowest BCUT2D eigenvalue weighted by atomic mass is 10.2. The zero-order chi connectivity index (χ0) is 12.0. The molecule has 0 aromatic rings. The van der Waals surface area contributed by atoms with Gasteiger partial charge >= 0.3 is 11.9 Å². The van der Waals surface area contributed by atoms with E-state index in [1.807, 2.05) is 0 Å². The zero-order valence-electron chi connectivity index (χ0n) is 9.15. The van der Waals surface area contributed by atoms with Gasteiger partial charge in [-0.05, 0) is 6.42 Å². The minimum absolute atomic E-state index is 0.0163. The van der Waals surface area contributed by atoms with Crippen LogP contribution in [0.5, 0.6) is 0 Å². The molecule has 0 aliphatic heterocycles. The number of carbonyl (C=O) groups is 3. The van der Waals surface area contributed by atoms with Gasteiger partial charge in [-0.15, -0.1) is 0 Å². The zero-order valence-corrected chi connectivity index (χ0v) is 9.15. The normalized spacial score (nSPS) is 14.6. The summed E-state index contributed by atoms with van der Waals surface area (Å²) in [6, 6.07) is 0. The van der Waals surface area contributed by atoms with Crippen LogP contribution in [0.15, 0.2) is 11.8 Å². The summed E-state index contributed by atoms with van der Waals surface area (Å²) in [5.41, 5.74) is 0. The summed E-state index contributed by atoms with van der Waals surface area (Å²) >= 11 is 0. The van der Waals surface area contributed by atoms with Gasteiger partial charge in [0.05, 0.1) is 7.11 Å². The summed E-state index contributed by atoms with van der Waals surface area (Å²) in [6.45, 7) is 0. The van der Waals surface area contributed by atoms with Gasteiger partial charge in [0.2, 0.25) is 0 Å². The molecule has 5 heteroatoms. The van der Waals surface area contributed by atoms with Crippen molar-refractivity contribution in [3.8, 4) is 0 Å². The fourth-order valence-corrected chi connectivity index (χ4v) is 1.33. The van der Waals surface area contributed by atoms with Crippen molar-refractivity contribution in [1.82, 2.24) is 0 Å². The minimum atomic E-state index is -0.412. The van der Waals surface area contributed by atoms with E-state index in [9.17, 15) is 14.4 Å². The van der Waals surface area contributed by atoms with Gasteiger partial charge in [0.15, 0.2) is 5.78 Å². The molecule has 0 aromatic carbocycles. The third-order valence-corrected chi connectivity index (χ3v) is 2.17. The van der Waals surface area contributed by atoms with Gasteiger partial charge in [-0.25, -0.2) is 0 Å². The van der Waals surface area contributed by atoms with E-state index in [4.69, 9.17) is 4.74 Å². The molecule has 0 amide bonds. The molecule has 0 bridgehead atoms. The number of ether oxygens (including phenoxy) is 2. The van der Waals surface area contributed by atoms with Gasteiger partial charge in [-0.3, -0.25) is 14.4 Å². The lowest BCUT2D eigenvalue weighted by molar-refractivity contribution is -0.142. The summed E-state index contributed by atoms with van der Waals surface area (Å²) in [4.78, 5) is 32.8. The lowest BCUT2D eigenvalue weighted by Crippen LogP contribution is -2.06. The molecule has 0 saturated carbocycles. The number of hydrogen-bond donors (Lipinski definition) is 0. The van der Waals surface area contributed by atoms with Crippen molar-refractivity contribution in [3.05, 3.63) is 11.8 Å². The van der Waals surface area contributed by atoms with Crippen LogP contribution in [0.4, 0.5) is 0 Å².